The Morgan fingerprint density at radius 2 is 2.08 bits per heavy atom. The molecule has 6 nitrogen and oxygen atoms in total. The summed E-state index contributed by atoms with van der Waals surface area (Å²) < 4.78 is 10.6. The van der Waals surface area contributed by atoms with Gasteiger partial charge in [0, 0.05) is 25.2 Å². The molecule has 0 saturated carbocycles. The van der Waals surface area contributed by atoms with Crippen molar-refractivity contribution in [1.82, 2.24) is 10.4 Å². The number of rotatable bonds is 3. The van der Waals surface area contributed by atoms with E-state index in [2.05, 4.69) is 34.1 Å². The highest BCUT2D eigenvalue weighted by Crippen LogP contribution is 2.14. The van der Waals surface area contributed by atoms with Gasteiger partial charge in [-0.05, 0) is 17.7 Å². The number of furan rings is 1. The van der Waals surface area contributed by atoms with Crippen LogP contribution in [-0.4, -0.2) is 37.0 Å². The van der Waals surface area contributed by atoms with E-state index in [0.29, 0.717) is 17.1 Å². The monoisotopic (exact) mass is 325 g/mol. The quantitative estimate of drug-likeness (QED) is 0.894. The lowest BCUT2D eigenvalue weighted by molar-refractivity contribution is 0.0342. The van der Waals surface area contributed by atoms with Crippen molar-refractivity contribution in [3.05, 3.63) is 58.4 Å². The minimum absolute atomic E-state index is 0.474. The molecule has 124 valence electrons. The molecule has 0 amide bonds. The molecular weight excluding hydrogens is 306 g/mol. The smallest absolute Gasteiger partial charge is 0.259 e. The van der Waals surface area contributed by atoms with E-state index in [9.17, 15) is 0 Å². The maximum atomic E-state index is 5.47. The van der Waals surface area contributed by atoms with Crippen LogP contribution in [0.4, 0.5) is 0 Å². The molecule has 2 aliphatic rings. The third-order valence-corrected chi connectivity index (χ3v) is 4.14. The molecule has 0 aliphatic carbocycles. The van der Waals surface area contributed by atoms with Crippen LogP contribution in [0.25, 0.3) is 12.5 Å². The molecule has 0 radical (unpaired) electrons. The topological polar surface area (TPSA) is 59.2 Å². The van der Waals surface area contributed by atoms with E-state index in [4.69, 9.17) is 14.0 Å². The normalized spacial score (nSPS) is 20.4. The van der Waals surface area contributed by atoms with Crippen molar-refractivity contribution < 1.29 is 14.0 Å². The number of benzene rings is 1. The standard InChI is InChI=1S/C18H19N3O3/c1-13-16(5-8-23-13)18-19-17(20-24-18)15-4-2-3-14(11-15)12-21-6-9-22-10-7-21/h2-5,8,11H,1,6-7,9-10,12H2,(H,19,20). The Kier molecular flexibility index (Phi) is 4.06. The lowest BCUT2D eigenvalue weighted by atomic mass is 10.1. The van der Waals surface area contributed by atoms with Crippen molar-refractivity contribution in [3.8, 4) is 0 Å². The van der Waals surface area contributed by atoms with Gasteiger partial charge in [0.25, 0.3) is 5.88 Å². The molecule has 0 spiro atoms. The largest absolute Gasteiger partial charge is 0.465 e. The van der Waals surface area contributed by atoms with Crippen LogP contribution in [0.3, 0.4) is 0 Å². The van der Waals surface area contributed by atoms with Crippen molar-refractivity contribution in [1.29, 1.82) is 0 Å². The molecule has 1 fully saturated rings. The van der Waals surface area contributed by atoms with E-state index in [1.807, 2.05) is 12.1 Å². The number of hydrogen-bond acceptors (Lipinski definition) is 6. The summed E-state index contributed by atoms with van der Waals surface area (Å²) in [6.45, 7) is 8.28. The van der Waals surface area contributed by atoms with Crippen molar-refractivity contribution >= 4 is 18.3 Å². The Labute approximate surface area is 139 Å². The van der Waals surface area contributed by atoms with Gasteiger partial charge < -0.3 is 14.0 Å². The predicted molar refractivity (Wildman–Crippen MR) is 90.2 cm³/mol. The first-order valence-corrected chi connectivity index (χ1v) is 7.97. The summed E-state index contributed by atoms with van der Waals surface area (Å²) in [5.74, 6) is 1.16. The molecule has 0 unspecified atom stereocenters. The molecule has 1 saturated heterocycles. The Bertz CT molecular complexity index is 866. The van der Waals surface area contributed by atoms with Gasteiger partial charge in [-0.2, -0.15) is 4.99 Å². The summed E-state index contributed by atoms with van der Waals surface area (Å²) in [6, 6.07) is 10.1. The van der Waals surface area contributed by atoms with Gasteiger partial charge in [0.1, 0.15) is 5.42 Å². The number of amidine groups is 1. The fraction of sp³-hybridized carbons (Fsp3) is 0.278. The summed E-state index contributed by atoms with van der Waals surface area (Å²) in [6.07, 6.45) is 1.57. The Hall–Kier alpha value is -2.57. The van der Waals surface area contributed by atoms with Gasteiger partial charge >= 0.3 is 0 Å². The van der Waals surface area contributed by atoms with Crippen LogP contribution in [0.15, 0.2) is 46.0 Å². The van der Waals surface area contributed by atoms with Crippen LogP contribution in [0.2, 0.25) is 0 Å². The minimum Gasteiger partial charge on any atom is -0.465 e. The van der Waals surface area contributed by atoms with E-state index in [0.717, 1.165) is 43.6 Å². The van der Waals surface area contributed by atoms with Crippen LogP contribution >= 0.6 is 0 Å². The molecule has 1 aromatic carbocycles. The Morgan fingerprint density at radius 1 is 1.21 bits per heavy atom. The van der Waals surface area contributed by atoms with Crippen LogP contribution < -0.4 is 16.1 Å². The first-order valence-electron chi connectivity index (χ1n) is 7.97. The molecule has 1 N–H and O–H groups in total. The summed E-state index contributed by atoms with van der Waals surface area (Å²) in [5, 5.41) is 0.752. The first kappa shape index (κ1) is 15.0. The molecule has 3 heterocycles. The van der Waals surface area contributed by atoms with Crippen molar-refractivity contribution in [2.75, 3.05) is 26.3 Å². The maximum Gasteiger partial charge on any atom is 0.259 e. The molecule has 2 aliphatic heterocycles. The Balaban J connectivity index is 1.58. The number of hydroxylamine groups is 1. The molecule has 2 aromatic rings. The van der Waals surface area contributed by atoms with Crippen molar-refractivity contribution in [2.24, 2.45) is 4.99 Å². The average Bonchev–Trinajstić information content (AvgIpc) is 3.25. The molecular formula is C18H19N3O3. The highest BCUT2D eigenvalue weighted by molar-refractivity contribution is 6.01. The number of hydrogen-bond donors (Lipinski definition) is 1. The van der Waals surface area contributed by atoms with Crippen LogP contribution in [-0.2, 0) is 16.1 Å². The number of ether oxygens (including phenoxy) is 1. The number of morpholine rings is 1. The second kappa shape index (κ2) is 6.51. The fourth-order valence-corrected chi connectivity index (χ4v) is 2.85. The van der Waals surface area contributed by atoms with E-state index in [1.165, 1.54) is 5.56 Å². The van der Waals surface area contributed by atoms with Gasteiger partial charge in [-0.25, -0.2) is 5.48 Å². The van der Waals surface area contributed by atoms with Crippen LogP contribution in [0.1, 0.15) is 11.1 Å². The zero-order valence-corrected chi connectivity index (χ0v) is 13.3. The third kappa shape index (κ3) is 3.06. The second-order valence-electron chi connectivity index (χ2n) is 5.82. The third-order valence-electron chi connectivity index (χ3n) is 4.14. The molecule has 4 rings (SSSR count). The van der Waals surface area contributed by atoms with Gasteiger partial charge in [-0.1, -0.05) is 24.8 Å². The molecule has 24 heavy (non-hydrogen) atoms. The van der Waals surface area contributed by atoms with Gasteiger partial charge in [-0.3, -0.25) is 4.90 Å². The molecule has 0 bridgehead atoms. The lowest BCUT2D eigenvalue weighted by Gasteiger charge is -2.26. The zero-order valence-electron chi connectivity index (χ0n) is 13.3. The highest BCUT2D eigenvalue weighted by Gasteiger charge is 2.17. The summed E-state index contributed by atoms with van der Waals surface area (Å²) in [5.41, 5.74) is 5.65. The number of aliphatic imine (C=N–C) groups is 1. The average molecular weight is 325 g/mol. The summed E-state index contributed by atoms with van der Waals surface area (Å²) in [7, 11) is 0. The van der Waals surface area contributed by atoms with Crippen molar-refractivity contribution in [2.45, 2.75) is 6.54 Å². The van der Waals surface area contributed by atoms with Crippen LogP contribution in [0, 0.1) is 0 Å². The van der Waals surface area contributed by atoms with E-state index >= 15 is 0 Å². The van der Waals surface area contributed by atoms with Gasteiger partial charge in [-0.15, -0.1) is 0 Å². The fourth-order valence-electron chi connectivity index (χ4n) is 2.85. The maximum absolute atomic E-state index is 5.47. The summed E-state index contributed by atoms with van der Waals surface area (Å²) in [4.78, 5) is 12.4. The first-order chi connectivity index (χ1) is 11.8. The number of nitrogens with zero attached hydrogens (tertiary/aromatic N) is 2. The van der Waals surface area contributed by atoms with Gasteiger partial charge in [0.2, 0.25) is 0 Å². The second-order valence-corrected chi connectivity index (χ2v) is 5.82. The summed E-state index contributed by atoms with van der Waals surface area (Å²) >= 11 is 0. The van der Waals surface area contributed by atoms with E-state index in [-0.39, 0.29) is 0 Å². The van der Waals surface area contributed by atoms with E-state index in [1.54, 1.807) is 12.3 Å². The highest BCUT2D eigenvalue weighted by atomic mass is 16.7. The zero-order chi connectivity index (χ0) is 16.4. The molecule has 1 aromatic heterocycles. The predicted octanol–water partition coefficient (Wildman–Crippen LogP) is 0.569. The van der Waals surface area contributed by atoms with E-state index < -0.39 is 0 Å². The molecule has 0 atom stereocenters. The van der Waals surface area contributed by atoms with Crippen molar-refractivity contribution in [3.63, 3.8) is 0 Å². The van der Waals surface area contributed by atoms with Gasteiger partial charge in [0.05, 0.1) is 24.7 Å². The van der Waals surface area contributed by atoms with Crippen LogP contribution in [0.5, 0.6) is 0 Å². The Morgan fingerprint density at radius 3 is 2.88 bits per heavy atom. The lowest BCUT2D eigenvalue weighted by Crippen LogP contribution is -2.35. The molecule has 6 heteroatoms. The SMILES string of the molecule is C=c1occc1=C1N=C(c2cccc(CN3CCOCC3)c2)NO1. The minimum atomic E-state index is 0.474. The number of nitrogens with one attached hydrogen (secondary N) is 1. The van der Waals surface area contributed by atoms with Gasteiger partial charge in [0.15, 0.2) is 5.84 Å².